The zero-order chi connectivity index (χ0) is 17.2. The molecule has 0 bridgehead atoms. The second-order valence-corrected chi connectivity index (χ2v) is 7.29. The Balaban J connectivity index is 1.81. The third-order valence-electron chi connectivity index (χ3n) is 4.87. The average Bonchev–Trinajstić information content (AvgIpc) is 3.22. The SMILES string of the molecule is CCOc1ccccc1[C@@H]1[C@@H](c2ccccn2)N=C2SC[C@@H](CC)N21. The third-order valence-corrected chi connectivity index (χ3v) is 5.99. The Labute approximate surface area is 153 Å². The van der Waals surface area contributed by atoms with Crippen molar-refractivity contribution in [2.45, 2.75) is 38.4 Å². The maximum Gasteiger partial charge on any atom is 0.160 e. The van der Waals surface area contributed by atoms with Crippen LogP contribution < -0.4 is 4.74 Å². The molecule has 4 nitrogen and oxygen atoms in total. The summed E-state index contributed by atoms with van der Waals surface area (Å²) in [5.41, 5.74) is 2.23. The van der Waals surface area contributed by atoms with E-state index in [9.17, 15) is 0 Å². The molecule has 3 heterocycles. The molecule has 0 N–H and O–H groups in total. The molecule has 1 aromatic heterocycles. The van der Waals surface area contributed by atoms with Gasteiger partial charge in [-0.2, -0.15) is 0 Å². The lowest BCUT2D eigenvalue weighted by Gasteiger charge is -2.32. The highest BCUT2D eigenvalue weighted by molar-refractivity contribution is 8.14. The highest BCUT2D eigenvalue weighted by atomic mass is 32.2. The van der Waals surface area contributed by atoms with E-state index in [1.54, 1.807) is 0 Å². The summed E-state index contributed by atoms with van der Waals surface area (Å²) in [5, 5.41) is 1.15. The van der Waals surface area contributed by atoms with Crippen LogP contribution in [0.4, 0.5) is 0 Å². The second-order valence-electron chi connectivity index (χ2n) is 6.31. The van der Waals surface area contributed by atoms with Crippen LogP contribution in [0.2, 0.25) is 0 Å². The Morgan fingerprint density at radius 2 is 2.00 bits per heavy atom. The minimum Gasteiger partial charge on any atom is -0.494 e. The predicted molar refractivity (Wildman–Crippen MR) is 103 cm³/mol. The first-order valence-electron chi connectivity index (χ1n) is 8.95. The number of fused-ring (bicyclic) bond motifs is 1. The van der Waals surface area contributed by atoms with Gasteiger partial charge >= 0.3 is 0 Å². The van der Waals surface area contributed by atoms with Crippen molar-refractivity contribution in [3.63, 3.8) is 0 Å². The molecule has 3 atom stereocenters. The fraction of sp³-hybridized carbons (Fsp3) is 0.400. The van der Waals surface area contributed by atoms with Gasteiger partial charge in [-0.15, -0.1) is 0 Å². The fourth-order valence-electron chi connectivity index (χ4n) is 3.70. The van der Waals surface area contributed by atoms with Crippen LogP contribution in [0, 0.1) is 0 Å². The summed E-state index contributed by atoms with van der Waals surface area (Å²) in [7, 11) is 0. The molecular formula is C20H23N3OS. The molecule has 0 spiro atoms. The topological polar surface area (TPSA) is 37.7 Å². The number of ether oxygens (including phenoxy) is 1. The third kappa shape index (κ3) is 2.91. The van der Waals surface area contributed by atoms with E-state index < -0.39 is 0 Å². The molecule has 0 unspecified atom stereocenters. The number of benzene rings is 1. The van der Waals surface area contributed by atoms with E-state index in [-0.39, 0.29) is 12.1 Å². The number of nitrogens with zero attached hydrogens (tertiary/aromatic N) is 3. The van der Waals surface area contributed by atoms with Gasteiger partial charge in [-0.25, -0.2) is 0 Å². The smallest absolute Gasteiger partial charge is 0.160 e. The van der Waals surface area contributed by atoms with Crippen molar-refractivity contribution >= 4 is 16.9 Å². The first kappa shape index (κ1) is 16.5. The van der Waals surface area contributed by atoms with Gasteiger partial charge in [-0.3, -0.25) is 9.98 Å². The molecule has 25 heavy (non-hydrogen) atoms. The average molecular weight is 353 g/mol. The quantitative estimate of drug-likeness (QED) is 0.795. The molecule has 2 aliphatic rings. The Morgan fingerprint density at radius 1 is 1.16 bits per heavy atom. The van der Waals surface area contributed by atoms with Crippen LogP contribution in [0.25, 0.3) is 0 Å². The molecule has 130 valence electrons. The largest absolute Gasteiger partial charge is 0.494 e. The normalized spacial score (nSPS) is 25.0. The van der Waals surface area contributed by atoms with E-state index in [2.05, 4.69) is 41.1 Å². The van der Waals surface area contributed by atoms with E-state index in [4.69, 9.17) is 9.73 Å². The minimum absolute atomic E-state index is 0.0136. The van der Waals surface area contributed by atoms with Gasteiger partial charge in [0.05, 0.1) is 18.3 Å². The summed E-state index contributed by atoms with van der Waals surface area (Å²) < 4.78 is 5.95. The van der Waals surface area contributed by atoms with Crippen LogP contribution in [0.5, 0.6) is 5.75 Å². The van der Waals surface area contributed by atoms with Gasteiger partial charge in [0.2, 0.25) is 0 Å². The van der Waals surface area contributed by atoms with Crippen LogP contribution in [-0.4, -0.2) is 33.5 Å². The molecule has 1 aromatic carbocycles. The number of aromatic nitrogens is 1. The summed E-state index contributed by atoms with van der Waals surface area (Å²) >= 11 is 1.87. The first-order chi connectivity index (χ1) is 12.3. The molecule has 0 aliphatic carbocycles. The van der Waals surface area contributed by atoms with Crippen molar-refractivity contribution in [3.8, 4) is 5.75 Å². The molecular weight excluding hydrogens is 330 g/mol. The number of hydrogen-bond acceptors (Lipinski definition) is 5. The monoisotopic (exact) mass is 353 g/mol. The number of aliphatic imine (C=N–C) groups is 1. The minimum atomic E-state index is 0.0136. The van der Waals surface area contributed by atoms with Crippen LogP contribution in [0.15, 0.2) is 53.7 Å². The van der Waals surface area contributed by atoms with E-state index in [1.165, 1.54) is 5.56 Å². The van der Waals surface area contributed by atoms with Crippen LogP contribution in [-0.2, 0) is 0 Å². The van der Waals surface area contributed by atoms with E-state index in [1.807, 2.05) is 43.1 Å². The van der Waals surface area contributed by atoms with E-state index in [0.29, 0.717) is 12.6 Å². The molecule has 1 saturated heterocycles. The molecule has 0 radical (unpaired) electrons. The Kier molecular flexibility index (Phi) is 4.66. The van der Waals surface area contributed by atoms with Gasteiger partial charge in [0.25, 0.3) is 0 Å². The molecule has 2 aromatic rings. The van der Waals surface area contributed by atoms with E-state index in [0.717, 1.165) is 28.8 Å². The van der Waals surface area contributed by atoms with Crippen molar-refractivity contribution < 1.29 is 4.74 Å². The maximum absolute atomic E-state index is 5.95. The predicted octanol–water partition coefficient (Wildman–Crippen LogP) is 4.46. The highest BCUT2D eigenvalue weighted by Gasteiger charge is 2.46. The van der Waals surface area contributed by atoms with Gasteiger partial charge in [0, 0.05) is 23.6 Å². The molecule has 0 amide bonds. The van der Waals surface area contributed by atoms with Gasteiger partial charge in [0.1, 0.15) is 11.8 Å². The summed E-state index contributed by atoms with van der Waals surface area (Å²) in [5.74, 6) is 2.07. The Morgan fingerprint density at radius 3 is 2.76 bits per heavy atom. The lowest BCUT2D eigenvalue weighted by Crippen LogP contribution is -2.35. The van der Waals surface area contributed by atoms with Crippen molar-refractivity contribution in [2.24, 2.45) is 4.99 Å². The van der Waals surface area contributed by atoms with Crippen LogP contribution in [0.3, 0.4) is 0 Å². The summed E-state index contributed by atoms with van der Waals surface area (Å²) in [6.07, 6.45) is 2.98. The van der Waals surface area contributed by atoms with Gasteiger partial charge in [-0.05, 0) is 31.5 Å². The fourth-order valence-corrected chi connectivity index (χ4v) is 5.04. The number of amidine groups is 1. The Hall–Kier alpha value is -2.01. The molecule has 2 aliphatic heterocycles. The number of para-hydroxylation sites is 1. The molecule has 1 fully saturated rings. The van der Waals surface area contributed by atoms with Crippen LogP contribution >= 0.6 is 11.8 Å². The van der Waals surface area contributed by atoms with E-state index >= 15 is 0 Å². The van der Waals surface area contributed by atoms with Crippen LogP contribution in [0.1, 0.15) is 43.6 Å². The van der Waals surface area contributed by atoms with Crippen molar-refractivity contribution in [2.75, 3.05) is 12.4 Å². The van der Waals surface area contributed by atoms with Gasteiger partial charge in [-0.1, -0.05) is 43.0 Å². The van der Waals surface area contributed by atoms with Crippen molar-refractivity contribution in [1.82, 2.24) is 9.88 Å². The lowest BCUT2D eigenvalue weighted by atomic mass is 9.94. The van der Waals surface area contributed by atoms with Crippen molar-refractivity contribution in [1.29, 1.82) is 0 Å². The maximum atomic E-state index is 5.95. The molecule has 0 saturated carbocycles. The number of hydrogen-bond donors (Lipinski definition) is 0. The standard InChI is InChI=1S/C20H23N3OS/c1-3-14-13-25-20-22-18(16-10-7-8-12-21-16)19(23(14)20)15-9-5-6-11-17(15)24-4-2/h5-12,14,18-19H,3-4,13H2,1-2H3/t14-,18-,19-/m1/s1. The zero-order valence-electron chi connectivity index (χ0n) is 14.6. The highest BCUT2D eigenvalue weighted by Crippen LogP contribution is 2.50. The molecule has 4 rings (SSSR count). The first-order valence-corrected chi connectivity index (χ1v) is 9.93. The van der Waals surface area contributed by atoms with Gasteiger partial charge in [0.15, 0.2) is 5.17 Å². The summed E-state index contributed by atoms with van der Waals surface area (Å²) in [6.45, 7) is 4.95. The Bertz CT molecular complexity index is 765. The van der Waals surface area contributed by atoms with Crippen molar-refractivity contribution in [3.05, 3.63) is 59.9 Å². The number of pyridine rings is 1. The number of rotatable bonds is 5. The summed E-state index contributed by atoms with van der Waals surface area (Å²) in [6, 6.07) is 15.1. The lowest BCUT2D eigenvalue weighted by molar-refractivity contribution is 0.245. The molecule has 5 heteroatoms. The number of thioether (sulfide) groups is 1. The van der Waals surface area contributed by atoms with Gasteiger partial charge < -0.3 is 9.64 Å². The second kappa shape index (κ2) is 7.08. The zero-order valence-corrected chi connectivity index (χ0v) is 15.4. The summed E-state index contributed by atoms with van der Waals surface area (Å²) in [4.78, 5) is 12.2.